The quantitative estimate of drug-likeness (QED) is 0.213. The number of thiophene rings is 1. The zero-order valence-electron chi connectivity index (χ0n) is 22.5. The number of carbonyl (C=O) groups excluding carboxylic acids is 1. The summed E-state index contributed by atoms with van der Waals surface area (Å²) in [7, 11) is 0. The van der Waals surface area contributed by atoms with Crippen LogP contribution >= 0.6 is 11.3 Å². The van der Waals surface area contributed by atoms with Gasteiger partial charge in [0.15, 0.2) is 5.78 Å². The van der Waals surface area contributed by atoms with E-state index >= 15 is 0 Å². The van der Waals surface area contributed by atoms with Gasteiger partial charge in [-0.05, 0) is 112 Å². The number of hydrogen-bond donors (Lipinski definition) is 1. The maximum Gasteiger partial charge on any atom is 0.195 e. The van der Waals surface area contributed by atoms with Crippen molar-refractivity contribution in [3.05, 3.63) is 83.9 Å². The molecule has 1 aromatic heterocycles. The Labute approximate surface area is 235 Å². The molecule has 0 spiro atoms. The van der Waals surface area contributed by atoms with Crippen molar-refractivity contribution < 1.29 is 9.53 Å². The largest absolute Gasteiger partial charge is 0.492 e. The lowest BCUT2D eigenvalue weighted by Gasteiger charge is -2.15. The first kappa shape index (κ1) is 26.1. The molecule has 0 atom stereocenters. The molecule has 4 aromatic rings. The van der Waals surface area contributed by atoms with Gasteiger partial charge in [-0.1, -0.05) is 18.2 Å². The highest BCUT2D eigenvalue weighted by Crippen LogP contribution is 2.40. The zero-order chi connectivity index (χ0) is 26.4. The molecule has 3 heterocycles. The van der Waals surface area contributed by atoms with E-state index in [9.17, 15) is 4.79 Å². The minimum atomic E-state index is 0.0667. The smallest absolute Gasteiger partial charge is 0.195 e. The molecule has 2 aliphatic heterocycles. The molecule has 6 heteroatoms. The molecule has 39 heavy (non-hydrogen) atoms. The van der Waals surface area contributed by atoms with Crippen molar-refractivity contribution in [2.75, 3.05) is 57.7 Å². The number of ketones is 1. The van der Waals surface area contributed by atoms with Crippen LogP contribution in [0.5, 0.6) is 5.75 Å². The fourth-order valence-electron chi connectivity index (χ4n) is 5.72. The van der Waals surface area contributed by atoms with E-state index in [1.807, 2.05) is 48.5 Å². The van der Waals surface area contributed by atoms with Crippen molar-refractivity contribution in [2.24, 2.45) is 0 Å². The Kier molecular flexibility index (Phi) is 8.24. The highest BCUT2D eigenvalue weighted by Gasteiger charge is 2.21. The maximum atomic E-state index is 13.9. The summed E-state index contributed by atoms with van der Waals surface area (Å²) in [6, 6.07) is 24.4. The molecule has 202 valence electrons. The van der Waals surface area contributed by atoms with E-state index < -0.39 is 0 Å². The Bertz CT molecular complexity index is 1390. The second-order valence-electron chi connectivity index (χ2n) is 10.6. The lowest BCUT2D eigenvalue weighted by molar-refractivity contribution is 0.104. The number of fused-ring (bicyclic) bond motifs is 1. The Morgan fingerprint density at radius 1 is 0.795 bits per heavy atom. The van der Waals surface area contributed by atoms with Crippen molar-refractivity contribution >= 4 is 32.9 Å². The molecule has 5 nitrogen and oxygen atoms in total. The van der Waals surface area contributed by atoms with Gasteiger partial charge in [0.2, 0.25) is 0 Å². The van der Waals surface area contributed by atoms with E-state index in [-0.39, 0.29) is 5.78 Å². The normalized spacial score (nSPS) is 16.2. The highest BCUT2D eigenvalue weighted by atomic mass is 32.1. The van der Waals surface area contributed by atoms with Gasteiger partial charge in [0.1, 0.15) is 12.4 Å². The first-order valence-corrected chi connectivity index (χ1v) is 15.1. The summed E-state index contributed by atoms with van der Waals surface area (Å²) in [5.74, 6) is 0.941. The van der Waals surface area contributed by atoms with E-state index in [1.165, 1.54) is 51.9 Å². The van der Waals surface area contributed by atoms with Crippen LogP contribution in [0.25, 0.3) is 20.5 Å². The number of rotatable bonds is 11. The molecular formula is C33H37N3O2S. The monoisotopic (exact) mass is 539 g/mol. The van der Waals surface area contributed by atoms with Crippen LogP contribution in [0.15, 0.2) is 72.8 Å². The Balaban J connectivity index is 1.17. The molecule has 0 unspecified atom stereocenters. The molecule has 0 amide bonds. The maximum absolute atomic E-state index is 13.9. The second kappa shape index (κ2) is 12.3. The summed E-state index contributed by atoms with van der Waals surface area (Å²) in [4.78, 5) is 19.9. The fraction of sp³-hybridized carbons (Fsp3) is 0.364. The number of nitrogens with zero attached hydrogens (tertiary/aromatic N) is 2. The molecule has 0 saturated carbocycles. The van der Waals surface area contributed by atoms with Crippen LogP contribution < -0.4 is 10.1 Å². The molecule has 0 radical (unpaired) electrons. The van der Waals surface area contributed by atoms with Gasteiger partial charge in [-0.3, -0.25) is 9.69 Å². The van der Waals surface area contributed by atoms with E-state index in [4.69, 9.17) is 4.74 Å². The van der Waals surface area contributed by atoms with Crippen molar-refractivity contribution in [3.8, 4) is 16.2 Å². The Morgan fingerprint density at radius 2 is 1.46 bits per heavy atom. The van der Waals surface area contributed by atoms with Gasteiger partial charge < -0.3 is 15.0 Å². The molecular weight excluding hydrogens is 502 g/mol. The highest BCUT2D eigenvalue weighted by molar-refractivity contribution is 7.22. The summed E-state index contributed by atoms with van der Waals surface area (Å²) >= 11 is 1.68. The van der Waals surface area contributed by atoms with E-state index in [0.29, 0.717) is 12.2 Å². The van der Waals surface area contributed by atoms with Crippen molar-refractivity contribution in [3.63, 3.8) is 0 Å². The minimum Gasteiger partial charge on any atom is -0.492 e. The molecule has 2 fully saturated rings. The number of likely N-dealkylation sites (tertiary alicyclic amines) is 2. The SMILES string of the molecule is O=C(c1ccc(NCCN2CCCC2)cc1)c1c(-c2ccc(OCCN3CCCC3)cc2)sc2ccccc12. The van der Waals surface area contributed by atoms with E-state index in [1.54, 1.807) is 11.3 Å². The fourth-order valence-corrected chi connectivity index (χ4v) is 6.93. The molecule has 0 aliphatic carbocycles. The number of ether oxygens (including phenoxy) is 1. The summed E-state index contributed by atoms with van der Waals surface area (Å²) in [6.07, 6.45) is 5.22. The van der Waals surface area contributed by atoms with Gasteiger partial charge in [-0.2, -0.15) is 0 Å². The standard InChI is InChI=1S/C33H37N3O2S/c37-32(25-9-13-27(14-10-25)34-17-22-35-18-3-4-19-35)31-29-7-1-2-8-30(29)39-33(31)26-11-15-28(16-12-26)38-24-23-36-20-5-6-21-36/h1-2,7-16,34H,3-6,17-24H2. The minimum absolute atomic E-state index is 0.0667. The topological polar surface area (TPSA) is 44.8 Å². The van der Waals surface area contributed by atoms with Crippen LogP contribution in [0.3, 0.4) is 0 Å². The molecule has 1 N–H and O–H groups in total. The summed E-state index contributed by atoms with van der Waals surface area (Å²) in [5, 5.41) is 4.52. The van der Waals surface area contributed by atoms with Crippen LogP contribution in [-0.2, 0) is 0 Å². The van der Waals surface area contributed by atoms with Crippen molar-refractivity contribution in [1.29, 1.82) is 0 Å². The predicted octanol–water partition coefficient (Wildman–Crippen LogP) is 6.78. The third kappa shape index (κ3) is 6.19. The van der Waals surface area contributed by atoms with Gasteiger partial charge in [-0.25, -0.2) is 0 Å². The summed E-state index contributed by atoms with van der Waals surface area (Å²) < 4.78 is 7.15. The lowest BCUT2D eigenvalue weighted by atomic mass is 9.97. The molecule has 0 bridgehead atoms. The van der Waals surface area contributed by atoms with Crippen LogP contribution in [0.1, 0.15) is 41.6 Å². The molecule has 2 saturated heterocycles. The Morgan fingerprint density at radius 3 is 2.18 bits per heavy atom. The van der Waals surface area contributed by atoms with E-state index in [2.05, 4.69) is 39.4 Å². The average Bonchev–Trinajstić information content (AvgIpc) is 3.75. The number of hydrogen-bond acceptors (Lipinski definition) is 6. The van der Waals surface area contributed by atoms with Crippen LogP contribution in [0.4, 0.5) is 5.69 Å². The lowest BCUT2D eigenvalue weighted by Crippen LogP contribution is -2.25. The number of carbonyl (C=O) groups is 1. The van der Waals surface area contributed by atoms with Gasteiger partial charge in [0.25, 0.3) is 0 Å². The first-order chi connectivity index (χ1) is 19.2. The van der Waals surface area contributed by atoms with Crippen LogP contribution in [-0.4, -0.2) is 68.0 Å². The van der Waals surface area contributed by atoms with Crippen molar-refractivity contribution in [1.82, 2.24) is 9.80 Å². The molecule has 3 aromatic carbocycles. The third-order valence-corrected chi connectivity index (χ3v) is 9.14. The number of anilines is 1. The zero-order valence-corrected chi connectivity index (χ0v) is 23.3. The van der Waals surface area contributed by atoms with Gasteiger partial charge in [0, 0.05) is 51.4 Å². The van der Waals surface area contributed by atoms with Gasteiger partial charge in [-0.15, -0.1) is 11.3 Å². The van der Waals surface area contributed by atoms with Crippen LogP contribution in [0, 0.1) is 0 Å². The second-order valence-corrected chi connectivity index (χ2v) is 11.7. The van der Waals surface area contributed by atoms with E-state index in [0.717, 1.165) is 57.2 Å². The van der Waals surface area contributed by atoms with Crippen LogP contribution in [0.2, 0.25) is 0 Å². The van der Waals surface area contributed by atoms with Crippen molar-refractivity contribution in [2.45, 2.75) is 25.7 Å². The predicted molar refractivity (Wildman–Crippen MR) is 162 cm³/mol. The molecule has 6 rings (SSSR count). The number of nitrogens with one attached hydrogen (secondary N) is 1. The number of benzene rings is 3. The summed E-state index contributed by atoms with van der Waals surface area (Å²) in [6.45, 7) is 8.45. The van der Waals surface area contributed by atoms with Gasteiger partial charge in [0.05, 0.1) is 0 Å². The first-order valence-electron chi connectivity index (χ1n) is 14.3. The average molecular weight is 540 g/mol. The Hall–Kier alpha value is -3.19. The third-order valence-electron chi connectivity index (χ3n) is 7.92. The summed E-state index contributed by atoms with van der Waals surface area (Å²) in [5.41, 5.74) is 3.60. The molecule has 2 aliphatic rings. The van der Waals surface area contributed by atoms with Gasteiger partial charge >= 0.3 is 0 Å².